The summed E-state index contributed by atoms with van der Waals surface area (Å²) in [5.41, 5.74) is 6.99. The van der Waals surface area contributed by atoms with Crippen LogP contribution < -0.4 is 10.0 Å². The molecule has 0 radical (unpaired) electrons. The molecule has 1 rings (SSSR count). The number of rotatable bonds is 6. The molecule has 0 amide bonds. The smallest absolute Gasteiger partial charge is 0.235 e. The molecule has 5 heteroatoms. The molecule has 0 saturated heterocycles. The van der Waals surface area contributed by atoms with Crippen molar-refractivity contribution in [1.29, 1.82) is 0 Å². The van der Waals surface area contributed by atoms with Crippen molar-refractivity contribution in [1.82, 2.24) is 0 Å². The van der Waals surface area contributed by atoms with E-state index in [1.165, 1.54) is 4.31 Å². The second-order valence-corrected chi connectivity index (χ2v) is 8.30. The predicted octanol–water partition coefficient (Wildman–Crippen LogP) is 3.25. The van der Waals surface area contributed by atoms with Crippen molar-refractivity contribution in [2.45, 2.75) is 40.5 Å². The van der Waals surface area contributed by atoms with Crippen molar-refractivity contribution < 1.29 is 8.42 Å². The van der Waals surface area contributed by atoms with Crippen LogP contribution in [-0.2, 0) is 10.0 Å². The monoisotopic (exact) mass is 298 g/mol. The fourth-order valence-corrected chi connectivity index (χ4v) is 3.81. The van der Waals surface area contributed by atoms with Crippen LogP contribution in [0.5, 0.6) is 0 Å². The van der Waals surface area contributed by atoms with Crippen LogP contribution in [0.25, 0.3) is 0 Å². The summed E-state index contributed by atoms with van der Waals surface area (Å²) in [6.45, 7) is 8.63. The second kappa shape index (κ2) is 6.48. The number of hydrogen-bond donors (Lipinski definition) is 1. The summed E-state index contributed by atoms with van der Waals surface area (Å²) in [4.78, 5) is 0. The fraction of sp³-hybridized carbons (Fsp3) is 0.600. The highest BCUT2D eigenvalue weighted by Gasteiger charge is 2.24. The molecule has 0 aliphatic heterocycles. The summed E-state index contributed by atoms with van der Waals surface area (Å²) in [7, 11) is -3.29. The Morgan fingerprint density at radius 2 is 1.70 bits per heavy atom. The van der Waals surface area contributed by atoms with Gasteiger partial charge in [0.1, 0.15) is 0 Å². The summed E-state index contributed by atoms with van der Waals surface area (Å²) in [5, 5.41) is 0. The van der Waals surface area contributed by atoms with Crippen molar-refractivity contribution in [3.05, 3.63) is 24.3 Å². The summed E-state index contributed by atoms with van der Waals surface area (Å²) >= 11 is 0. The Hall–Kier alpha value is -1.23. The van der Waals surface area contributed by atoms with E-state index in [1.54, 1.807) is 24.3 Å². The molecule has 0 saturated carbocycles. The van der Waals surface area contributed by atoms with Crippen molar-refractivity contribution >= 4 is 21.4 Å². The Morgan fingerprint density at radius 3 is 2.15 bits per heavy atom. The zero-order chi connectivity index (χ0) is 15.4. The molecule has 20 heavy (non-hydrogen) atoms. The second-order valence-electron chi connectivity index (χ2n) is 6.29. The first-order valence-corrected chi connectivity index (χ1v) is 8.62. The maximum Gasteiger partial charge on any atom is 0.235 e. The van der Waals surface area contributed by atoms with E-state index in [1.807, 2.05) is 6.92 Å². The van der Waals surface area contributed by atoms with Gasteiger partial charge in [0, 0.05) is 12.2 Å². The minimum atomic E-state index is -3.29. The highest BCUT2D eigenvalue weighted by molar-refractivity contribution is 7.92. The third-order valence-electron chi connectivity index (χ3n) is 3.05. The van der Waals surface area contributed by atoms with E-state index in [0.717, 1.165) is 6.42 Å². The Labute approximate surface area is 123 Å². The molecule has 0 aliphatic carbocycles. The van der Waals surface area contributed by atoms with Crippen LogP contribution in [0, 0.1) is 5.41 Å². The summed E-state index contributed by atoms with van der Waals surface area (Å²) in [5.74, 6) is 0.168. The molecule has 0 atom stereocenters. The Balaban J connectivity index is 2.97. The molecule has 0 unspecified atom stereocenters. The quantitative estimate of drug-likeness (QED) is 0.820. The topological polar surface area (TPSA) is 63.4 Å². The minimum absolute atomic E-state index is 0.00602. The van der Waals surface area contributed by atoms with Gasteiger partial charge in [0.2, 0.25) is 10.0 Å². The number of benzene rings is 1. The summed E-state index contributed by atoms with van der Waals surface area (Å²) < 4.78 is 26.6. The molecule has 0 bridgehead atoms. The molecule has 1 aromatic carbocycles. The van der Waals surface area contributed by atoms with Gasteiger partial charge in [-0.15, -0.1) is 0 Å². The van der Waals surface area contributed by atoms with Gasteiger partial charge in [-0.1, -0.05) is 27.7 Å². The lowest BCUT2D eigenvalue weighted by atomic mass is 9.94. The van der Waals surface area contributed by atoms with Crippen LogP contribution in [0.1, 0.15) is 40.5 Å². The lowest BCUT2D eigenvalue weighted by Gasteiger charge is -2.26. The zero-order valence-electron chi connectivity index (χ0n) is 12.9. The number of sulfonamides is 1. The molecule has 4 nitrogen and oxygen atoms in total. The molecule has 0 aromatic heterocycles. The van der Waals surface area contributed by atoms with E-state index in [4.69, 9.17) is 5.73 Å². The van der Waals surface area contributed by atoms with Crippen LogP contribution >= 0.6 is 0 Å². The maximum absolute atomic E-state index is 12.5. The molecule has 1 aromatic rings. The van der Waals surface area contributed by atoms with Crippen LogP contribution in [0.3, 0.4) is 0 Å². The number of anilines is 2. The lowest BCUT2D eigenvalue weighted by molar-refractivity contribution is 0.397. The fourth-order valence-electron chi connectivity index (χ4n) is 1.82. The minimum Gasteiger partial charge on any atom is -0.399 e. The number of nitrogens with two attached hydrogens (primary N) is 1. The molecular formula is C15H26N2O2S. The van der Waals surface area contributed by atoms with Gasteiger partial charge in [0.25, 0.3) is 0 Å². The average molecular weight is 298 g/mol. The first-order valence-electron chi connectivity index (χ1n) is 7.02. The van der Waals surface area contributed by atoms with Crippen LogP contribution in [0.4, 0.5) is 11.4 Å². The highest BCUT2D eigenvalue weighted by atomic mass is 32.2. The molecule has 114 valence electrons. The Morgan fingerprint density at radius 1 is 1.15 bits per heavy atom. The summed E-state index contributed by atoms with van der Waals surface area (Å²) in [6, 6.07) is 6.99. The molecule has 0 spiro atoms. The van der Waals surface area contributed by atoms with Crippen molar-refractivity contribution in [2.24, 2.45) is 5.41 Å². The predicted molar refractivity (Wildman–Crippen MR) is 86.4 cm³/mol. The first-order chi connectivity index (χ1) is 9.15. The van der Waals surface area contributed by atoms with Crippen LogP contribution in [0.15, 0.2) is 24.3 Å². The normalized spacial score (nSPS) is 12.4. The van der Waals surface area contributed by atoms with Crippen molar-refractivity contribution in [3.63, 3.8) is 0 Å². The SMILES string of the molecule is CCCN(c1ccc(N)cc1)S(=O)(=O)CCC(C)(C)C. The van der Waals surface area contributed by atoms with Crippen molar-refractivity contribution in [2.75, 3.05) is 22.3 Å². The van der Waals surface area contributed by atoms with Crippen molar-refractivity contribution in [3.8, 4) is 0 Å². The van der Waals surface area contributed by atoms with E-state index in [2.05, 4.69) is 20.8 Å². The largest absolute Gasteiger partial charge is 0.399 e. The number of nitrogens with zero attached hydrogens (tertiary/aromatic N) is 1. The standard InChI is InChI=1S/C15H26N2O2S/c1-5-11-17(14-8-6-13(16)7-9-14)20(18,19)12-10-15(2,3)4/h6-9H,5,10-12,16H2,1-4H3. The maximum atomic E-state index is 12.5. The van der Waals surface area contributed by atoms with Gasteiger partial charge >= 0.3 is 0 Å². The first kappa shape index (κ1) is 16.8. The van der Waals surface area contributed by atoms with Gasteiger partial charge < -0.3 is 5.73 Å². The van der Waals surface area contributed by atoms with Gasteiger partial charge in [0.15, 0.2) is 0 Å². The average Bonchev–Trinajstić information content (AvgIpc) is 2.34. The van der Waals surface area contributed by atoms with Gasteiger partial charge in [0.05, 0.1) is 11.4 Å². The van der Waals surface area contributed by atoms with Crippen LogP contribution in [-0.4, -0.2) is 20.7 Å². The molecule has 0 heterocycles. The molecular weight excluding hydrogens is 272 g/mol. The van der Waals surface area contributed by atoms with E-state index < -0.39 is 10.0 Å². The third kappa shape index (κ3) is 5.04. The van der Waals surface area contributed by atoms with E-state index in [0.29, 0.717) is 24.3 Å². The number of nitrogen functional groups attached to an aromatic ring is 1. The third-order valence-corrected chi connectivity index (χ3v) is 4.84. The van der Waals surface area contributed by atoms with Gasteiger partial charge in [-0.2, -0.15) is 0 Å². The van der Waals surface area contributed by atoms with E-state index in [-0.39, 0.29) is 11.2 Å². The Kier molecular flexibility index (Phi) is 5.45. The molecule has 0 fully saturated rings. The van der Waals surface area contributed by atoms with Crippen LogP contribution in [0.2, 0.25) is 0 Å². The highest BCUT2D eigenvalue weighted by Crippen LogP contribution is 2.24. The lowest BCUT2D eigenvalue weighted by Crippen LogP contribution is -2.34. The Bertz CT molecular complexity index is 516. The van der Waals surface area contributed by atoms with Gasteiger partial charge in [-0.25, -0.2) is 8.42 Å². The van der Waals surface area contributed by atoms with Gasteiger partial charge in [-0.3, -0.25) is 4.31 Å². The number of hydrogen-bond acceptors (Lipinski definition) is 3. The summed E-state index contributed by atoms with van der Waals surface area (Å²) in [6.07, 6.45) is 1.42. The molecule has 2 N–H and O–H groups in total. The zero-order valence-corrected chi connectivity index (χ0v) is 13.7. The van der Waals surface area contributed by atoms with Gasteiger partial charge in [-0.05, 0) is 42.5 Å². The molecule has 0 aliphatic rings. The van der Waals surface area contributed by atoms with E-state index in [9.17, 15) is 8.42 Å². The van der Waals surface area contributed by atoms with E-state index >= 15 is 0 Å².